The first kappa shape index (κ1) is 13.8. The first-order chi connectivity index (χ1) is 11.1. The molecule has 4 nitrogen and oxygen atoms in total. The lowest BCUT2D eigenvalue weighted by Gasteiger charge is -2.37. The molecule has 2 amide bonds. The van der Waals surface area contributed by atoms with Crippen LogP contribution in [0.2, 0.25) is 0 Å². The average molecular weight is 373 g/mol. The molecule has 0 radical (unpaired) electrons. The van der Waals surface area contributed by atoms with Crippen molar-refractivity contribution in [1.29, 1.82) is 0 Å². The van der Waals surface area contributed by atoms with Crippen molar-refractivity contribution < 1.29 is 9.59 Å². The molecule has 2 saturated carbocycles. The molecule has 118 valence electrons. The summed E-state index contributed by atoms with van der Waals surface area (Å²) >= 11 is 3.40. The minimum absolute atomic E-state index is 0.0225. The fourth-order valence-corrected chi connectivity index (χ4v) is 5.18. The van der Waals surface area contributed by atoms with E-state index in [0.29, 0.717) is 23.7 Å². The monoisotopic (exact) mass is 372 g/mol. The Balaban J connectivity index is 1.36. The Morgan fingerprint density at radius 3 is 2.13 bits per heavy atom. The number of carbonyl (C=O) groups excluding carboxylic acids is 2. The summed E-state index contributed by atoms with van der Waals surface area (Å²) in [4.78, 5) is 27.0. The summed E-state index contributed by atoms with van der Waals surface area (Å²) in [6, 6.07) is 7.74. The van der Waals surface area contributed by atoms with E-state index in [0.717, 1.165) is 10.2 Å². The van der Waals surface area contributed by atoms with Gasteiger partial charge in [-0.25, -0.2) is 0 Å². The fraction of sp³-hybridized carbons (Fsp3) is 0.444. The van der Waals surface area contributed by atoms with Gasteiger partial charge in [-0.05, 0) is 54.4 Å². The second-order valence-corrected chi connectivity index (χ2v) is 8.02. The van der Waals surface area contributed by atoms with Crippen molar-refractivity contribution in [3.8, 4) is 0 Å². The molecule has 1 heterocycles. The molecule has 0 spiro atoms. The van der Waals surface area contributed by atoms with Crippen molar-refractivity contribution in [2.45, 2.75) is 6.42 Å². The quantitative estimate of drug-likeness (QED) is 0.655. The van der Waals surface area contributed by atoms with Crippen LogP contribution in [0.25, 0.3) is 0 Å². The smallest absolute Gasteiger partial charge is 0.235 e. The molecule has 5 aliphatic rings. The molecule has 1 N–H and O–H groups in total. The minimum atomic E-state index is -0.104. The summed E-state index contributed by atoms with van der Waals surface area (Å²) in [5.74, 6) is 1.74. The number of carbonyl (C=O) groups is 2. The summed E-state index contributed by atoms with van der Waals surface area (Å²) < 4.78 is 1.00. The zero-order chi connectivity index (χ0) is 15.7. The van der Waals surface area contributed by atoms with Crippen LogP contribution in [0.5, 0.6) is 0 Å². The number of likely N-dealkylation sites (tertiary alicyclic amines) is 1. The maximum absolute atomic E-state index is 12.8. The molecule has 5 heteroatoms. The van der Waals surface area contributed by atoms with Crippen molar-refractivity contribution in [3.05, 3.63) is 40.9 Å². The third kappa shape index (κ3) is 1.89. The van der Waals surface area contributed by atoms with Gasteiger partial charge in [0.1, 0.15) is 0 Å². The molecule has 0 aromatic heterocycles. The standard InChI is InChI=1S/C18H17BrN2O2/c19-9-1-3-10(4-2-9)20-8-21-17(22)15-11-5-6-12(14-7-13(11)14)16(15)18(21)23/h1-6,11-16,20H,7-8H2/t11-,12+,13-,14-,15+,16+/m1/s1. The number of rotatable bonds is 3. The molecule has 1 saturated heterocycles. The normalized spacial score (nSPS) is 39.4. The summed E-state index contributed by atoms with van der Waals surface area (Å²) in [7, 11) is 0. The number of benzene rings is 1. The zero-order valence-electron chi connectivity index (χ0n) is 12.5. The molecule has 1 aromatic carbocycles. The lowest BCUT2D eigenvalue weighted by molar-refractivity contribution is -0.139. The topological polar surface area (TPSA) is 49.4 Å². The minimum Gasteiger partial charge on any atom is -0.367 e. The number of nitrogens with zero attached hydrogens (tertiary/aromatic N) is 1. The highest BCUT2D eigenvalue weighted by Gasteiger charge is 2.66. The Hall–Kier alpha value is -1.62. The Morgan fingerprint density at radius 1 is 1.00 bits per heavy atom. The average Bonchev–Trinajstić information content (AvgIpc) is 3.33. The maximum atomic E-state index is 12.8. The third-order valence-corrected chi connectivity index (χ3v) is 6.57. The number of anilines is 1. The van der Waals surface area contributed by atoms with Crippen molar-refractivity contribution in [2.24, 2.45) is 35.5 Å². The molecule has 1 aliphatic heterocycles. The lowest BCUT2D eigenvalue weighted by atomic mass is 9.63. The fourth-order valence-electron chi connectivity index (χ4n) is 4.91. The van der Waals surface area contributed by atoms with Crippen LogP contribution in [-0.4, -0.2) is 23.4 Å². The molecule has 6 atom stereocenters. The van der Waals surface area contributed by atoms with Crippen LogP contribution >= 0.6 is 15.9 Å². The first-order valence-corrected chi connectivity index (χ1v) is 8.97. The van der Waals surface area contributed by atoms with Gasteiger partial charge in [0.2, 0.25) is 11.8 Å². The molecular weight excluding hydrogens is 356 g/mol. The van der Waals surface area contributed by atoms with Gasteiger partial charge in [0, 0.05) is 10.2 Å². The highest BCUT2D eigenvalue weighted by molar-refractivity contribution is 9.10. The van der Waals surface area contributed by atoms with Gasteiger partial charge in [-0.1, -0.05) is 28.1 Å². The number of nitrogens with one attached hydrogen (secondary N) is 1. The van der Waals surface area contributed by atoms with E-state index in [1.807, 2.05) is 24.3 Å². The Kier molecular flexibility index (Phi) is 2.81. The van der Waals surface area contributed by atoms with E-state index in [1.54, 1.807) is 0 Å². The predicted molar refractivity (Wildman–Crippen MR) is 89.2 cm³/mol. The van der Waals surface area contributed by atoms with E-state index < -0.39 is 0 Å². The molecule has 3 fully saturated rings. The summed E-state index contributed by atoms with van der Waals surface area (Å²) in [6.07, 6.45) is 5.61. The molecule has 0 unspecified atom stereocenters. The van der Waals surface area contributed by atoms with E-state index in [2.05, 4.69) is 33.4 Å². The molecular formula is C18H17BrN2O2. The summed E-state index contributed by atoms with van der Waals surface area (Å²) in [6.45, 7) is 0.265. The van der Waals surface area contributed by atoms with Crippen LogP contribution in [0.3, 0.4) is 0 Å². The largest absolute Gasteiger partial charge is 0.367 e. The van der Waals surface area contributed by atoms with Crippen LogP contribution in [0.4, 0.5) is 5.69 Å². The lowest BCUT2D eigenvalue weighted by Crippen LogP contribution is -2.40. The van der Waals surface area contributed by atoms with Gasteiger partial charge in [0.25, 0.3) is 0 Å². The van der Waals surface area contributed by atoms with Crippen molar-refractivity contribution in [3.63, 3.8) is 0 Å². The number of hydrogen-bond donors (Lipinski definition) is 1. The van der Waals surface area contributed by atoms with Gasteiger partial charge in [-0.15, -0.1) is 0 Å². The molecule has 1 aromatic rings. The second kappa shape index (κ2) is 4.69. The predicted octanol–water partition coefficient (Wildman–Crippen LogP) is 2.87. The van der Waals surface area contributed by atoms with E-state index in [9.17, 15) is 9.59 Å². The van der Waals surface area contributed by atoms with E-state index in [-0.39, 0.29) is 30.3 Å². The van der Waals surface area contributed by atoms with E-state index in [1.165, 1.54) is 11.3 Å². The molecule has 4 aliphatic carbocycles. The number of hydrogen-bond acceptors (Lipinski definition) is 3. The van der Waals surface area contributed by atoms with Crippen LogP contribution in [0.1, 0.15) is 6.42 Å². The number of halogens is 1. The Labute approximate surface area is 143 Å². The first-order valence-electron chi connectivity index (χ1n) is 8.18. The molecule has 23 heavy (non-hydrogen) atoms. The van der Waals surface area contributed by atoms with Gasteiger partial charge in [0.15, 0.2) is 0 Å². The van der Waals surface area contributed by atoms with Gasteiger partial charge in [0.05, 0.1) is 18.5 Å². The van der Waals surface area contributed by atoms with Crippen molar-refractivity contribution in [1.82, 2.24) is 4.90 Å². The van der Waals surface area contributed by atoms with E-state index >= 15 is 0 Å². The Morgan fingerprint density at radius 2 is 1.57 bits per heavy atom. The third-order valence-electron chi connectivity index (χ3n) is 6.04. The van der Waals surface area contributed by atoms with Crippen LogP contribution < -0.4 is 5.32 Å². The van der Waals surface area contributed by atoms with Crippen LogP contribution in [0, 0.1) is 35.5 Å². The number of allylic oxidation sites excluding steroid dienone is 2. The zero-order valence-corrected chi connectivity index (χ0v) is 14.1. The van der Waals surface area contributed by atoms with E-state index in [4.69, 9.17) is 0 Å². The summed E-state index contributed by atoms with van der Waals surface area (Å²) in [5.41, 5.74) is 0.910. The SMILES string of the molecule is O=C1[C@H]2[C@@H]3C=C[C@@H]([C@H]4C[C@H]34)[C@@H]2C(=O)N1CNc1ccc(Br)cc1. The molecule has 6 rings (SSSR count). The highest BCUT2D eigenvalue weighted by Crippen LogP contribution is 2.65. The van der Waals surface area contributed by atoms with Gasteiger partial charge < -0.3 is 5.32 Å². The summed E-state index contributed by atoms with van der Waals surface area (Å²) in [5, 5.41) is 3.20. The van der Waals surface area contributed by atoms with Crippen molar-refractivity contribution >= 4 is 33.4 Å². The highest BCUT2D eigenvalue weighted by atomic mass is 79.9. The van der Waals surface area contributed by atoms with Gasteiger partial charge >= 0.3 is 0 Å². The maximum Gasteiger partial charge on any atom is 0.235 e. The van der Waals surface area contributed by atoms with Gasteiger partial charge in [-0.3, -0.25) is 14.5 Å². The Bertz CT molecular complexity index is 693. The molecule has 2 bridgehead atoms. The van der Waals surface area contributed by atoms with Crippen LogP contribution in [-0.2, 0) is 9.59 Å². The second-order valence-electron chi connectivity index (χ2n) is 7.10. The number of amides is 2. The van der Waals surface area contributed by atoms with Crippen molar-refractivity contribution in [2.75, 3.05) is 12.0 Å². The number of imide groups is 1. The van der Waals surface area contributed by atoms with Crippen LogP contribution in [0.15, 0.2) is 40.9 Å². The van der Waals surface area contributed by atoms with Gasteiger partial charge in [-0.2, -0.15) is 0 Å².